The topological polar surface area (TPSA) is 92.1 Å². The maximum atomic E-state index is 12.6. The summed E-state index contributed by atoms with van der Waals surface area (Å²) in [4.78, 5) is 32.1. The second-order valence-electron chi connectivity index (χ2n) is 5.85. The minimum absolute atomic E-state index is 0.114. The zero-order valence-corrected chi connectivity index (χ0v) is 13.1. The van der Waals surface area contributed by atoms with Gasteiger partial charge in [0.25, 0.3) is 5.91 Å². The van der Waals surface area contributed by atoms with Crippen molar-refractivity contribution in [3.05, 3.63) is 46.0 Å². The molecule has 1 unspecified atom stereocenters. The SMILES string of the molecule is CCCc1cc(C(=O)N2CCCC(c3ccnc(=O)[nH]3)C2)no1. The molecule has 1 amide bonds. The molecule has 7 nitrogen and oxygen atoms in total. The minimum Gasteiger partial charge on any atom is -0.361 e. The number of carbonyl (C=O) groups excluding carboxylic acids is 1. The monoisotopic (exact) mass is 316 g/mol. The van der Waals surface area contributed by atoms with Crippen molar-refractivity contribution in [3.63, 3.8) is 0 Å². The fourth-order valence-electron chi connectivity index (χ4n) is 2.98. The molecule has 1 N–H and O–H groups in total. The lowest BCUT2D eigenvalue weighted by Crippen LogP contribution is -2.39. The number of carbonyl (C=O) groups is 1. The summed E-state index contributed by atoms with van der Waals surface area (Å²) in [7, 11) is 0. The van der Waals surface area contributed by atoms with E-state index >= 15 is 0 Å². The first kappa shape index (κ1) is 15.5. The summed E-state index contributed by atoms with van der Waals surface area (Å²) in [6, 6.07) is 3.53. The van der Waals surface area contributed by atoms with Gasteiger partial charge in [0.2, 0.25) is 0 Å². The molecule has 1 saturated heterocycles. The molecular formula is C16H20N4O3. The fraction of sp³-hybridized carbons (Fsp3) is 0.500. The van der Waals surface area contributed by atoms with Crippen LogP contribution in [0.3, 0.4) is 0 Å². The standard InChI is InChI=1S/C16H20N4O3/c1-2-4-12-9-14(19-23-12)15(21)20-8-3-5-11(10-20)13-6-7-17-16(22)18-13/h6-7,9,11H,2-5,8,10H2,1H3,(H,17,18,22). The molecule has 122 valence electrons. The maximum absolute atomic E-state index is 12.6. The van der Waals surface area contributed by atoms with E-state index in [9.17, 15) is 9.59 Å². The largest absolute Gasteiger partial charge is 0.361 e. The van der Waals surface area contributed by atoms with Crippen molar-refractivity contribution in [3.8, 4) is 0 Å². The molecule has 0 spiro atoms. The number of piperidine rings is 1. The lowest BCUT2D eigenvalue weighted by Gasteiger charge is -2.32. The van der Waals surface area contributed by atoms with Gasteiger partial charge >= 0.3 is 5.69 Å². The molecule has 3 heterocycles. The molecule has 7 heteroatoms. The van der Waals surface area contributed by atoms with Gasteiger partial charge in [0, 0.05) is 43.4 Å². The van der Waals surface area contributed by atoms with Crippen molar-refractivity contribution in [2.75, 3.05) is 13.1 Å². The van der Waals surface area contributed by atoms with E-state index < -0.39 is 0 Å². The van der Waals surface area contributed by atoms with Crippen LogP contribution < -0.4 is 5.69 Å². The highest BCUT2D eigenvalue weighted by molar-refractivity contribution is 5.92. The normalized spacial score (nSPS) is 18.1. The van der Waals surface area contributed by atoms with Crippen molar-refractivity contribution in [2.24, 2.45) is 0 Å². The predicted molar refractivity (Wildman–Crippen MR) is 83.2 cm³/mol. The molecule has 1 fully saturated rings. The Morgan fingerprint density at radius 1 is 1.52 bits per heavy atom. The number of likely N-dealkylation sites (tertiary alicyclic amines) is 1. The van der Waals surface area contributed by atoms with Crippen LogP contribution in [0.15, 0.2) is 27.6 Å². The summed E-state index contributed by atoms with van der Waals surface area (Å²) in [6.07, 6.45) is 5.05. The summed E-state index contributed by atoms with van der Waals surface area (Å²) >= 11 is 0. The van der Waals surface area contributed by atoms with Gasteiger partial charge in [-0.15, -0.1) is 0 Å². The van der Waals surface area contributed by atoms with Crippen LogP contribution in [0.2, 0.25) is 0 Å². The van der Waals surface area contributed by atoms with Gasteiger partial charge in [0.15, 0.2) is 5.69 Å². The van der Waals surface area contributed by atoms with Crippen LogP contribution in [0, 0.1) is 0 Å². The van der Waals surface area contributed by atoms with Crippen molar-refractivity contribution < 1.29 is 9.32 Å². The number of amides is 1. The number of hydrogen-bond acceptors (Lipinski definition) is 5. The van der Waals surface area contributed by atoms with Crippen LogP contribution in [0.1, 0.15) is 54.0 Å². The number of nitrogens with one attached hydrogen (secondary N) is 1. The van der Waals surface area contributed by atoms with Crippen LogP contribution in [0.4, 0.5) is 0 Å². The molecule has 3 rings (SSSR count). The third-order valence-electron chi connectivity index (χ3n) is 4.12. The summed E-state index contributed by atoms with van der Waals surface area (Å²) in [5.74, 6) is 0.741. The van der Waals surface area contributed by atoms with Gasteiger partial charge < -0.3 is 14.4 Å². The van der Waals surface area contributed by atoms with E-state index in [0.29, 0.717) is 18.8 Å². The van der Waals surface area contributed by atoms with E-state index in [1.165, 1.54) is 6.20 Å². The summed E-state index contributed by atoms with van der Waals surface area (Å²) < 4.78 is 5.19. The van der Waals surface area contributed by atoms with E-state index in [0.717, 1.165) is 37.1 Å². The van der Waals surface area contributed by atoms with Crippen molar-refractivity contribution in [1.82, 2.24) is 20.0 Å². The van der Waals surface area contributed by atoms with Gasteiger partial charge in [-0.05, 0) is 25.3 Å². The summed E-state index contributed by atoms with van der Waals surface area (Å²) in [5.41, 5.74) is 0.832. The lowest BCUT2D eigenvalue weighted by molar-refractivity contribution is 0.0695. The minimum atomic E-state index is -0.355. The third kappa shape index (κ3) is 3.49. The average Bonchev–Trinajstić information content (AvgIpc) is 3.03. The number of aromatic nitrogens is 3. The number of hydrogen-bond donors (Lipinski definition) is 1. The van der Waals surface area contributed by atoms with E-state index in [2.05, 4.69) is 22.0 Å². The van der Waals surface area contributed by atoms with Gasteiger partial charge in [-0.25, -0.2) is 9.78 Å². The van der Waals surface area contributed by atoms with Gasteiger partial charge in [-0.2, -0.15) is 0 Å². The lowest BCUT2D eigenvalue weighted by atomic mass is 9.94. The first-order valence-electron chi connectivity index (χ1n) is 7.97. The Hall–Kier alpha value is -2.44. The Kier molecular flexibility index (Phi) is 4.55. The van der Waals surface area contributed by atoms with Gasteiger partial charge in [0.05, 0.1) is 0 Å². The smallest absolute Gasteiger partial charge is 0.345 e. The Morgan fingerprint density at radius 2 is 2.39 bits per heavy atom. The highest BCUT2D eigenvalue weighted by atomic mass is 16.5. The van der Waals surface area contributed by atoms with E-state index in [4.69, 9.17) is 4.52 Å². The van der Waals surface area contributed by atoms with Gasteiger partial charge in [0.1, 0.15) is 5.76 Å². The molecule has 0 aromatic carbocycles. The number of rotatable bonds is 4. The van der Waals surface area contributed by atoms with Gasteiger partial charge in [-0.3, -0.25) is 4.79 Å². The Morgan fingerprint density at radius 3 is 3.17 bits per heavy atom. The molecule has 0 bridgehead atoms. The quantitative estimate of drug-likeness (QED) is 0.927. The van der Waals surface area contributed by atoms with Crippen LogP contribution in [-0.4, -0.2) is 39.0 Å². The fourth-order valence-corrected chi connectivity index (χ4v) is 2.98. The van der Waals surface area contributed by atoms with Gasteiger partial charge in [-0.1, -0.05) is 12.1 Å². The summed E-state index contributed by atoms with van der Waals surface area (Å²) in [6.45, 7) is 3.31. The molecule has 2 aromatic rings. The number of nitrogens with zero attached hydrogens (tertiary/aromatic N) is 3. The first-order chi connectivity index (χ1) is 11.2. The molecule has 0 aliphatic carbocycles. The van der Waals surface area contributed by atoms with Crippen molar-refractivity contribution in [1.29, 1.82) is 0 Å². The molecule has 1 atom stereocenters. The molecule has 1 aliphatic rings. The predicted octanol–water partition coefficient (Wildman–Crippen LogP) is 1.73. The molecule has 0 radical (unpaired) electrons. The maximum Gasteiger partial charge on any atom is 0.345 e. The Balaban J connectivity index is 1.72. The Labute approximate surface area is 133 Å². The highest BCUT2D eigenvalue weighted by Gasteiger charge is 2.27. The first-order valence-corrected chi connectivity index (χ1v) is 7.97. The van der Waals surface area contributed by atoms with Crippen LogP contribution in [0.5, 0.6) is 0 Å². The molecule has 1 aliphatic heterocycles. The van der Waals surface area contributed by atoms with Crippen LogP contribution in [0.25, 0.3) is 0 Å². The highest BCUT2D eigenvalue weighted by Crippen LogP contribution is 2.25. The number of aryl methyl sites for hydroxylation is 1. The molecule has 0 saturated carbocycles. The second kappa shape index (κ2) is 6.76. The summed E-state index contributed by atoms with van der Waals surface area (Å²) in [5, 5.41) is 3.89. The molecule has 23 heavy (non-hydrogen) atoms. The number of aromatic amines is 1. The van der Waals surface area contributed by atoms with E-state index in [1.54, 1.807) is 17.0 Å². The van der Waals surface area contributed by atoms with Crippen molar-refractivity contribution >= 4 is 5.91 Å². The number of H-pyrrole nitrogens is 1. The van der Waals surface area contributed by atoms with Crippen LogP contribution in [-0.2, 0) is 6.42 Å². The Bertz CT molecular complexity index is 737. The zero-order valence-electron chi connectivity index (χ0n) is 13.1. The molecular weight excluding hydrogens is 296 g/mol. The van der Waals surface area contributed by atoms with E-state index in [1.807, 2.05) is 0 Å². The second-order valence-corrected chi connectivity index (χ2v) is 5.85. The average molecular weight is 316 g/mol. The van der Waals surface area contributed by atoms with E-state index in [-0.39, 0.29) is 17.5 Å². The molecule has 2 aromatic heterocycles. The van der Waals surface area contributed by atoms with Crippen LogP contribution >= 0.6 is 0 Å². The third-order valence-corrected chi connectivity index (χ3v) is 4.12. The van der Waals surface area contributed by atoms with Crippen molar-refractivity contribution in [2.45, 2.75) is 38.5 Å². The zero-order chi connectivity index (χ0) is 16.2.